The van der Waals surface area contributed by atoms with E-state index in [1.165, 1.54) is 20.0 Å². The summed E-state index contributed by atoms with van der Waals surface area (Å²) in [5.74, 6) is 0.865. The lowest BCUT2D eigenvalue weighted by molar-refractivity contribution is 0.102. The van der Waals surface area contributed by atoms with E-state index in [2.05, 4.69) is 12.2 Å². The fourth-order valence-corrected chi connectivity index (χ4v) is 2.49. The predicted molar refractivity (Wildman–Crippen MR) is 101 cm³/mol. The van der Waals surface area contributed by atoms with Gasteiger partial charge in [0.2, 0.25) is 0 Å². The summed E-state index contributed by atoms with van der Waals surface area (Å²) >= 11 is 0. The second-order valence-corrected chi connectivity index (χ2v) is 5.82. The highest BCUT2D eigenvalue weighted by atomic mass is 16.5. The van der Waals surface area contributed by atoms with E-state index in [0.717, 1.165) is 12.8 Å². The average molecular weight is 342 g/mol. The zero-order chi connectivity index (χ0) is 18.1. The maximum absolute atomic E-state index is 12.6. The second kappa shape index (κ2) is 9.57. The molecule has 0 aliphatic rings. The molecule has 25 heavy (non-hydrogen) atoms. The summed E-state index contributed by atoms with van der Waals surface area (Å²) in [7, 11) is 1.54. The molecule has 0 saturated heterocycles. The molecule has 0 aliphatic heterocycles. The van der Waals surface area contributed by atoms with Gasteiger partial charge in [0, 0.05) is 11.8 Å². The number of amides is 1. The van der Waals surface area contributed by atoms with Gasteiger partial charge in [-0.2, -0.15) is 0 Å². The van der Waals surface area contributed by atoms with Crippen molar-refractivity contribution in [3.63, 3.8) is 0 Å². The van der Waals surface area contributed by atoms with Gasteiger partial charge in [0.1, 0.15) is 11.5 Å². The fraction of sp³-hybridized carbons (Fsp3) is 0.350. The molecule has 0 spiro atoms. The first kappa shape index (κ1) is 18.6. The third kappa shape index (κ3) is 5.41. The summed E-state index contributed by atoms with van der Waals surface area (Å²) in [6.45, 7) is 2.78. The molecule has 0 bridgehead atoms. The third-order valence-electron chi connectivity index (χ3n) is 3.86. The molecule has 0 heterocycles. The monoisotopic (exact) mass is 342 g/mol. The van der Waals surface area contributed by atoms with E-state index in [1.54, 1.807) is 24.3 Å². The zero-order valence-electron chi connectivity index (χ0n) is 14.9. The summed E-state index contributed by atoms with van der Waals surface area (Å²) in [6, 6.07) is 12.4. The molecule has 0 fully saturated rings. The summed E-state index contributed by atoms with van der Waals surface area (Å²) in [5.41, 5.74) is 7.39. The van der Waals surface area contributed by atoms with Crippen LogP contribution in [0.4, 0.5) is 11.4 Å². The number of para-hydroxylation sites is 1. The smallest absolute Gasteiger partial charge is 0.259 e. The highest BCUT2D eigenvalue weighted by Crippen LogP contribution is 2.28. The Labute approximate surface area is 149 Å². The Morgan fingerprint density at radius 1 is 1.08 bits per heavy atom. The summed E-state index contributed by atoms with van der Waals surface area (Å²) in [4.78, 5) is 12.6. The van der Waals surface area contributed by atoms with Crippen LogP contribution < -0.4 is 20.5 Å². The van der Waals surface area contributed by atoms with Crippen molar-refractivity contribution >= 4 is 17.3 Å². The Morgan fingerprint density at radius 2 is 1.88 bits per heavy atom. The molecule has 5 nitrogen and oxygen atoms in total. The SMILES string of the molecule is CCCCCCOc1ccccc1C(=O)Nc1ccc(N)cc1OC. The van der Waals surface area contributed by atoms with Crippen molar-refractivity contribution in [3.8, 4) is 11.5 Å². The first-order valence-electron chi connectivity index (χ1n) is 8.62. The lowest BCUT2D eigenvalue weighted by atomic mass is 10.1. The van der Waals surface area contributed by atoms with Gasteiger partial charge in [-0.15, -0.1) is 0 Å². The minimum atomic E-state index is -0.243. The zero-order valence-corrected chi connectivity index (χ0v) is 14.9. The quantitative estimate of drug-likeness (QED) is 0.520. The van der Waals surface area contributed by atoms with E-state index in [0.29, 0.717) is 35.0 Å². The standard InChI is InChI=1S/C20H26N2O3/c1-3-4-5-8-13-25-18-10-7-6-9-16(18)20(23)22-17-12-11-15(21)14-19(17)24-2/h6-7,9-12,14H,3-5,8,13,21H2,1-2H3,(H,22,23). The van der Waals surface area contributed by atoms with Crippen molar-refractivity contribution in [1.82, 2.24) is 0 Å². The van der Waals surface area contributed by atoms with Gasteiger partial charge in [0.25, 0.3) is 5.91 Å². The Balaban J connectivity index is 2.06. The van der Waals surface area contributed by atoms with Gasteiger partial charge in [-0.1, -0.05) is 38.3 Å². The summed E-state index contributed by atoms with van der Waals surface area (Å²) < 4.78 is 11.1. The maximum atomic E-state index is 12.6. The van der Waals surface area contributed by atoms with Crippen LogP contribution >= 0.6 is 0 Å². The second-order valence-electron chi connectivity index (χ2n) is 5.82. The van der Waals surface area contributed by atoms with Gasteiger partial charge in [-0.3, -0.25) is 4.79 Å². The van der Waals surface area contributed by atoms with E-state index < -0.39 is 0 Å². The minimum absolute atomic E-state index is 0.243. The Kier molecular flexibility index (Phi) is 7.14. The lowest BCUT2D eigenvalue weighted by Gasteiger charge is -2.13. The number of unbranched alkanes of at least 4 members (excludes halogenated alkanes) is 3. The Morgan fingerprint density at radius 3 is 2.64 bits per heavy atom. The van der Waals surface area contributed by atoms with E-state index >= 15 is 0 Å². The number of rotatable bonds is 9. The van der Waals surface area contributed by atoms with Crippen LogP contribution in [0.25, 0.3) is 0 Å². The molecule has 0 atom stereocenters. The van der Waals surface area contributed by atoms with E-state index in [4.69, 9.17) is 15.2 Å². The van der Waals surface area contributed by atoms with Gasteiger partial charge < -0.3 is 20.5 Å². The molecule has 0 saturated carbocycles. The topological polar surface area (TPSA) is 73.6 Å². The number of carbonyl (C=O) groups excluding carboxylic acids is 1. The van der Waals surface area contributed by atoms with Crippen molar-refractivity contribution in [3.05, 3.63) is 48.0 Å². The molecule has 0 unspecified atom stereocenters. The molecular formula is C20H26N2O3. The van der Waals surface area contributed by atoms with Crippen molar-refractivity contribution in [2.75, 3.05) is 24.8 Å². The number of nitrogen functional groups attached to an aromatic ring is 1. The van der Waals surface area contributed by atoms with Crippen LogP contribution in [0.5, 0.6) is 11.5 Å². The Hall–Kier alpha value is -2.69. The van der Waals surface area contributed by atoms with Gasteiger partial charge in [0.05, 0.1) is 25.0 Å². The molecule has 2 rings (SSSR count). The molecule has 5 heteroatoms. The minimum Gasteiger partial charge on any atom is -0.494 e. The highest BCUT2D eigenvalue weighted by molar-refractivity contribution is 6.07. The first-order chi connectivity index (χ1) is 12.2. The van der Waals surface area contributed by atoms with Crippen molar-refractivity contribution in [1.29, 1.82) is 0 Å². The van der Waals surface area contributed by atoms with Crippen LogP contribution in [0.3, 0.4) is 0 Å². The van der Waals surface area contributed by atoms with Crippen LogP contribution in [0, 0.1) is 0 Å². The number of benzene rings is 2. The van der Waals surface area contributed by atoms with Crippen molar-refractivity contribution in [2.24, 2.45) is 0 Å². The van der Waals surface area contributed by atoms with E-state index in [9.17, 15) is 4.79 Å². The van der Waals surface area contributed by atoms with Gasteiger partial charge in [0.15, 0.2) is 0 Å². The third-order valence-corrected chi connectivity index (χ3v) is 3.86. The normalized spacial score (nSPS) is 10.3. The van der Waals surface area contributed by atoms with Crippen LogP contribution in [0.1, 0.15) is 43.0 Å². The number of nitrogens with two attached hydrogens (primary N) is 1. The van der Waals surface area contributed by atoms with Crippen LogP contribution in [-0.2, 0) is 0 Å². The molecule has 1 amide bonds. The van der Waals surface area contributed by atoms with E-state index in [1.807, 2.05) is 18.2 Å². The van der Waals surface area contributed by atoms with Crippen molar-refractivity contribution in [2.45, 2.75) is 32.6 Å². The molecule has 0 radical (unpaired) electrons. The lowest BCUT2D eigenvalue weighted by Crippen LogP contribution is -2.14. The molecule has 0 aliphatic carbocycles. The number of ether oxygens (including phenoxy) is 2. The molecule has 0 aromatic heterocycles. The number of anilines is 2. The Bertz CT molecular complexity index is 701. The predicted octanol–water partition coefficient (Wildman–Crippen LogP) is 4.49. The average Bonchev–Trinajstić information content (AvgIpc) is 2.63. The van der Waals surface area contributed by atoms with Crippen LogP contribution in [0.2, 0.25) is 0 Å². The maximum Gasteiger partial charge on any atom is 0.259 e. The van der Waals surface area contributed by atoms with Gasteiger partial charge >= 0.3 is 0 Å². The summed E-state index contributed by atoms with van der Waals surface area (Å²) in [5, 5.41) is 2.86. The molecule has 2 aromatic carbocycles. The number of nitrogens with one attached hydrogen (secondary N) is 1. The van der Waals surface area contributed by atoms with Crippen LogP contribution in [0.15, 0.2) is 42.5 Å². The van der Waals surface area contributed by atoms with Crippen molar-refractivity contribution < 1.29 is 14.3 Å². The number of hydrogen-bond acceptors (Lipinski definition) is 4. The molecule has 134 valence electrons. The largest absolute Gasteiger partial charge is 0.494 e. The molecular weight excluding hydrogens is 316 g/mol. The first-order valence-corrected chi connectivity index (χ1v) is 8.62. The van der Waals surface area contributed by atoms with Gasteiger partial charge in [-0.25, -0.2) is 0 Å². The molecule has 3 N–H and O–H groups in total. The number of methoxy groups -OCH3 is 1. The van der Waals surface area contributed by atoms with Crippen LogP contribution in [-0.4, -0.2) is 19.6 Å². The highest BCUT2D eigenvalue weighted by Gasteiger charge is 2.14. The van der Waals surface area contributed by atoms with E-state index in [-0.39, 0.29) is 5.91 Å². The van der Waals surface area contributed by atoms with Gasteiger partial charge in [-0.05, 0) is 30.7 Å². The number of carbonyl (C=O) groups is 1. The fourth-order valence-electron chi connectivity index (χ4n) is 2.49. The number of hydrogen-bond donors (Lipinski definition) is 2. The molecule has 2 aromatic rings. The summed E-state index contributed by atoms with van der Waals surface area (Å²) in [6.07, 6.45) is 4.49.